The number of likely N-dealkylation sites (N-methyl/N-ethyl adjacent to an activating group) is 1. The van der Waals surface area contributed by atoms with Crippen molar-refractivity contribution in [3.8, 4) is 0 Å². The molecule has 0 aliphatic carbocycles. The van der Waals surface area contributed by atoms with Crippen LogP contribution in [0.3, 0.4) is 0 Å². The SMILES string of the molecule is CN1CCN([C@@H]2CCN(Cc3cc4ccccc4n3C)C[C@@H]2CCCO)CC1. The van der Waals surface area contributed by atoms with Crippen LogP contribution in [0.25, 0.3) is 10.9 Å². The number of rotatable bonds is 6. The molecule has 1 aromatic carbocycles. The number of piperidine rings is 1. The van der Waals surface area contributed by atoms with Crippen molar-refractivity contribution in [1.29, 1.82) is 0 Å². The Hall–Kier alpha value is -1.40. The minimum Gasteiger partial charge on any atom is -0.396 e. The van der Waals surface area contributed by atoms with E-state index in [0.717, 1.165) is 25.9 Å². The third-order valence-electron chi connectivity index (χ3n) is 6.95. The maximum atomic E-state index is 9.41. The number of benzene rings is 1. The zero-order valence-corrected chi connectivity index (χ0v) is 17.6. The zero-order valence-electron chi connectivity index (χ0n) is 17.6. The molecule has 1 aromatic heterocycles. The molecular weight excluding hydrogens is 348 g/mol. The fourth-order valence-electron chi connectivity index (χ4n) is 5.24. The van der Waals surface area contributed by atoms with E-state index >= 15 is 0 Å². The van der Waals surface area contributed by atoms with Crippen molar-refractivity contribution >= 4 is 10.9 Å². The monoisotopic (exact) mass is 384 g/mol. The second kappa shape index (κ2) is 8.95. The maximum Gasteiger partial charge on any atom is 0.0480 e. The highest BCUT2D eigenvalue weighted by Gasteiger charge is 2.34. The summed E-state index contributed by atoms with van der Waals surface area (Å²) in [5.74, 6) is 0.666. The number of aryl methyl sites for hydroxylation is 1. The van der Waals surface area contributed by atoms with Crippen molar-refractivity contribution in [2.45, 2.75) is 31.8 Å². The molecule has 5 heteroatoms. The third kappa shape index (κ3) is 4.28. The number of aromatic nitrogens is 1. The average Bonchev–Trinajstić information content (AvgIpc) is 3.03. The van der Waals surface area contributed by atoms with Gasteiger partial charge < -0.3 is 14.6 Å². The summed E-state index contributed by atoms with van der Waals surface area (Å²) in [5.41, 5.74) is 2.72. The van der Waals surface area contributed by atoms with Crippen LogP contribution in [0.5, 0.6) is 0 Å². The number of aliphatic hydroxyl groups is 1. The molecule has 2 aromatic rings. The number of likely N-dealkylation sites (tertiary alicyclic amines) is 1. The van der Waals surface area contributed by atoms with Crippen molar-refractivity contribution < 1.29 is 5.11 Å². The summed E-state index contributed by atoms with van der Waals surface area (Å²) < 4.78 is 2.35. The molecule has 3 heterocycles. The fraction of sp³-hybridized carbons (Fsp3) is 0.652. The summed E-state index contributed by atoms with van der Waals surface area (Å²) in [4.78, 5) is 7.81. The van der Waals surface area contributed by atoms with Gasteiger partial charge in [-0.25, -0.2) is 0 Å². The predicted molar refractivity (Wildman–Crippen MR) is 115 cm³/mol. The topological polar surface area (TPSA) is 34.9 Å². The molecule has 0 amide bonds. The molecule has 4 rings (SSSR count). The first-order chi connectivity index (χ1) is 13.7. The lowest BCUT2D eigenvalue weighted by Gasteiger charge is -2.46. The fourth-order valence-corrected chi connectivity index (χ4v) is 5.24. The van der Waals surface area contributed by atoms with Gasteiger partial charge in [0, 0.05) is 76.7 Å². The molecule has 5 nitrogen and oxygen atoms in total. The lowest BCUT2D eigenvalue weighted by atomic mass is 9.86. The van der Waals surface area contributed by atoms with Gasteiger partial charge in [0.25, 0.3) is 0 Å². The number of piperazine rings is 1. The van der Waals surface area contributed by atoms with Crippen molar-refractivity contribution in [2.24, 2.45) is 13.0 Å². The summed E-state index contributed by atoms with van der Waals surface area (Å²) in [7, 11) is 4.42. The Balaban J connectivity index is 1.44. The Morgan fingerprint density at radius 3 is 2.57 bits per heavy atom. The zero-order chi connectivity index (χ0) is 19.5. The molecule has 0 radical (unpaired) electrons. The largest absolute Gasteiger partial charge is 0.396 e. The number of nitrogens with zero attached hydrogens (tertiary/aromatic N) is 4. The molecule has 2 aliphatic heterocycles. The smallest absolute Gasteiger partial charge is 0.0480 e. The number of hydrogen-bond acceptors (Lipinski definition) is 4. The number of aliphatic hydroxyl groups excluding tert-OH is 1. The lowest BCUT2D eigenvalue weighted by Crippen LogP contribution is -2.56. The highest BCUT2D eigenvalue weighted by molar-refractivity contribution is 5.81. The maximum absolute atomic E-state index is 9.41. The predicted octanol–water partition coefficient (Wildman–Crippen LogP) is 2.39. The minimum absolute atomic E-state index is 0.315. The molecule has 2 aliphatic rings. The van der Waals surface area contributed by atoms with Crippen LogP contribution in [-0.2, 0) is 13.6 Å². The van der Waals surface area contributed by atoms with Crippen molar-refractivity contribution in [3.63, 3.8) is 0 Å². The van der Waals surface area contributed by atoms with Crippen molar-refractivity contribution in [2.75, 3.05) is 52.9 Å². The molecule has 2 saturated heterocycles. The van der Waals surface area contributed by atoms with Crippen LogP contribution in [0.1, 0.15) is 25.0 Å². The summed E-state index contributed by atoms with van der Waals surface area (Å²) >= 11 is 0. The van der Waals surface area contributed by atoms with Crippen LogP contribution >= 0.6 is 0 Å². The van der Waals surface area contributed by atoms with Gasteiger partial charge in [-0.3, -0.25) is 9.80 Å². The van der Waals surface area contributed by atoms with Crippen LogP contribution in [0.2, 0.25) is 0 Å². The highest BCUT2D eigenvalue weighted by Crippen LogP contribution is 2.29. The second-order valence-corrected chi connectivity index (χ2v) is 8.81. The van der Waals surface area contributed by atoms with E-state index in [-0.39, 0.29) is 0 Å². The second-order valence-electron chi connectivity index (χ2n) is 8.81. The molecule has 28 heavy (non-hydrogen) atoms. The summed E-state index contributed by atoms with van der Waals surface area (Å²) in [5, 5.41) is 10.7. The van der Waals surface area contributed by atoms with E-state index in [4.69, 9.17) is 0 Å². The lowest BCUT2D eigenvalue weighted by molar-refractivity contribution is 0.0207. The van der Waals surface area contributed by atoms with Crippen LogP contribution in [-0.4, -0.2) is 83.3 Å². The quantitative estimate of drug-likeness (QED) is 0.829. The highest BCUT2D eigenvalue weighted by atomic mass is 16.2. The van der Waals surface area contributed by atoms with Gasteiger partial charge in [0.1, 0.15) is 0 Å². The van der Waals surface area contributed by atoms with Gasteiger partial charge in [-0.15, -0.1) is 0 Å². The normalized spacial score (nSPS) is 25.5. The van der Waals surface area contributed by atoms with E-state index < -0.39 is 0 Å². The minimum atomic E-state index is 0.315. The van der Waals surface area contributed by atoms with Crippen molar-refractivity contribution in [1.82, 2.24) is 19.3 Å². The Labute approximate surface area is 169 Å². The van der Waals surface area contributed by atoms with E-state index in [1.165, 1.54) is 55.7 Å². The molecule has 2 atom stereocenters. The Bertz CT molecular complexity index is 765. The van der Waals surface area contributed by atoms with E-state index in [1.807, 2.05) is 0 Å². The first-order valence-electron chi connectivity index (χ1n) is 10.9. The third-order valence-corrected chi connectivity index (χ3v) is 6.95. The van der Waals surface area contributed by atoms with Gasteiger partial charge >= 0.3 is 0 Å². The molecular formula is C23H36N4O. The van der Waals surface area contributed by atoms with Crippen LogP contribution < -0.4 is 0 Å². The van der Waals surface area contributed by atoms with Gasteiger partial charge in [0.2, 0.25) is 0 Å². The van der Waals surface area contributed by atoms with E-state index in [0.29, 0.717) is 18.6 Å². The van der Waals surface area contributed by atoms with Crippen LogP contribution in [0.15, 0.2) is 30.3 Å². The van der Waals surface area contributed by atoms with E-state index in [2.05, 4.69) is 63.7 Å². The van der Waals surface area contributed by atoms with Gasteiger partial charge in [-0.05, 0) is 49.7 Å². The van der Waals surface area contributed by atoms with E-state index in [9.17, 15) is 5.11 Å². The van der Waals surface area contributed by atoms with E-state index in [1.54, 1.807) is 0 Å². The van der Waals surface area contributed by atoms with Crippen LogP contribution in [0, 0.1) is 5.92 Å². The number of hydrogen-bond donors (Lipinski definition) is 1. The Morgan fingerprint density at radius 2 is 1.82 bits per heavy atom. The van der Waals surface area contributed by atoms with Crippen molar-refractivity contribution in [3.05, 3.63) is 36.0 Å². The molecule has 2 fully saturated rings. The molecule has 0 bridgehead atoms. The molecule has 0 saturated carbocycles. The standard InChI is InChI=1S/C23H36N4O/c1-24-11-13-27(14-12-24)23-9-10-26(17-20(23)7-5-15-28)18-21-16-19-6-3-4-8-22(19)25(21)2/h3-4,6,8,16,20,23,28H,5,7,9-15,17-18H2,1-2H3/t20-,23+/m0/s1. The first kappa shape index (κ1) is 19.9. The Kier molecular flexibility index (Phi) is 6.36. The summed E-state index contributed by atoms with van der Waals surface area (Å²) in [6.07, 6.45) is 3.32. The molecule has 154 valence electrons. The number of para-hydroxylation sites is 1. The summed E-state index contributed by atoms with van der Waals surface area (Å²) in [6.45, 7) is 8.42. The first-order valence-corrected chi connectivity index (χ1v) is 10.9. The molecule has 1 N–H and O–H groups in total. The van der Waals surface area contributed by atoms with Crippen LogP contribution in [0.4, 0.5) is 0 Å². The van der Waals surface area contributed by atoms with Gasteiger partial charge in [0.05, 0.1) is 0 Å². The molecule has 0 unspecified atom stereocenters. The number of fused-ring (bicyclic) bond motifs is 1. The summed E-state index contributed by atoms with van der Waals surface area (Å²) in [6, 6.07) is 11.7. The van der Waals surface area contributed by atoms with Gasteiger partial charge in [-0.1, -0.05) is 18.2 Å². The average molecular weight is 385 g/mol. The van der Waals surface area contributed by atoms with Gasteiger partial charge in [0.15, 0.2) is 0 Å². The van der Waals surface area contributed by atoms with Gasteiger partial charge in [-0.2, -0.15) is 0 Å². The molecule has 0 spiro atoms. The Morgan fingerprint density at radius 1 is 1.04 bits per heavy atom.